The number of anilines is 1. The number of methoxy groups -OCH3 is 2. The highest BCUT2D eigenvalue weighted by molar-refractivity contribution is 5.99. The van der Waals surface area contributed by atoms with Gasteiger partial charge in [0.25, 0.3) is 0 Å². The molecule has 1 fully saturated rings. The zero-order valence-electron chi connectivity index (χ0n) is 10.1. The summed E-state index contributed by atoms with van der Waals surface area (Å²) in [6.07, 6.45) is 3.13. The van der Waals surface area contributed by atoms with Gasteiger partial charge in [-0.25, -0.2) is 9.97 Å². The second-order valence-corrected chi connectivity index (χ2v) is 3.86. The van der Waals surface area contributed by atoms with Crippen molar-refractivity contribution in [1.82, 2.24) is 9.97 Å². The van der Waals surface area contributed by atoms with Gasteiger partial charge in [0.15, 0.2) is 0 Å². The molecule has 0 aliphatic carbocycles. The zero-order chi connectivity index (χ0) is 13.1. The highest BCUT2D eigenvalue weighted by Crippen LogP contribution is 2.25. The number of ether oxygens (including phenoxy) is 2. The first-order valence-corrected chi connectivity index (χ1v) is 5.40. The van der Waals surface area contributed by atoms with Crippen molar-refractivity contribution in [3.63, 3.8) is 0 Å². The van der Waals surface area contributed by atoms with Crippen LogP contribution in [0, 0.1) is 5.92 Å². The van der Waals surface area contributed by atoms with Gasteiger partial charge < -0.3 is 14.4 Å². The molecule has 1 aromatic heterocycles. The molecule has 96 valence electrons. The minimum Gasteiger partial charge on any atom is -0.469 e. The van der Waals surface area contributed by atoms with Crippen LogP contribution in [0.25, 0.3) is 0 Å². The number of amides is 1. The smallest absolute Gasteiger partial charge is 0.316 e. The molecule has 0 spiro atoms. The van der Waals surface area contributed by atoms with Crippen molar-refractivity contribution in [2.45, 2.75) is 6.42 Å². The summed E-state index contributed by atoms with van der Waals surface area (Å²) in [7, 11) is 2.77. The van der Waals surface area contributed by atoms with E-state index in [0.29, 0.717) is 12.2 Å². The maximum Gasteiger partial charge on any atom is 0.316 e. The molecule has 7 heteroatoms. The van der Waals surface area contributed by atoms with Crippen LogP contribution in [0.3, 0.4) is 0 Å². The normalized spacial score (nSPS) is 18.9. The van der Waals surface area contributed by atoms with E-state index < -0.39 is 5.92 Å². The molecule has 18 heavy (non-hydrogen) atoms. The van der Waals surface area contributed by atoms with Gasteiger partial charge in [-0.05, 0) is 0 Å². The quantitative estimate of drug-likeness (QED) is 0.704. The summed E-state index contributed by atoms with van der Waals surface area (Å²) in [5.74, 6) is -0.941. The van der Waals surface area contributed by atoms with E-state index >= 15 is 0 Å². The Hall–Kier alpha value is -2.18. The second-order valence-electron chi connectivity index (χ2n) is 3.86. The number of rotatable bonds is 3. The van der Waals surface area contributed by atoms with Crippen LogP contribution in [-0.2, 0) is 14.3 Å². The maximum atomic E-state index is 11.8. The molecular weight excluding hydrogens is 238 g/mol. The molecular formula is C11H13N3O4. The Labute approximate surface area is 104 Å². The standard InChI is InChI=1S/C11H13N3O4/c1-17-10(16)7-3-9(15)14(6-7)8-4-12-11(18-2)13-5-8/h4-5,7H,3,6H2,1-2H3. The highest BCUT2D eigenvalue weighted by atomic mass is 16.5. The van der Waals surface area contributed by atoms with Crippen molar-refractivity contribution in [1.29, 1.82) is 0 Å². The fourth-order valence-corrected chi connectivity index (χ4v) is 1.84. The molecule has 1 aliphatic rings. The predicted octanol–water partition coefficient (Wildman–Crippen LogP) is 0.0111. The van der Waals surface area contributed by atoms with Gasteiger partial charge in [0.1, 0.15) is 0 Å². The first-order chi connectivity index (χ1) is 8.65. The average Bonchev–Trinajstić information content (AvgIpc) is 2.80. The molecule has 2 heterocycles. The molecule has 1 atom stereocenters. The third-order valence-electron chi connectivity index (χ3n) is 2.77. The molecule has 1 aromatic rings. The fourth-order valence-electron chi connectivity index (χ4n) is 1.84. The minimum atomic E-state index is -0.426. The van der Waals surface area contributed by atoms with Gasteiger partial charge in [-0.2, -0.15) is 0 Å². The number of hydrogen-bond donors (Lipinski definition) is 0. The van der Waals surface area contributed by atoms with Crippen LogP contribution < -0.4 is 9.64 Å². The van der Waals surface area contributed by atoms with Crippen LogP contribution in [0.2, 0.25) is 0 Å². The van der Waals surface area contributed by atoms with Crippen LogP contribution >= 0.6 is 0 Å². The second kappa shape index (κ2) is 4.99. The number of aromatic nitrogens is 2. The van der Waals surface area contributed by atoms with Crippen LogP contribution in [-0.4, -0.2) is 42.6 Å². The van der Waals surface area contributed by atoms with Gasteiger partial charge in [-0.3, -0.25) is 9.59 Å². The van der Waals surface area contributed by atoms with E-state index in [1.165, 1.54) is 31.5 Å². The molecule has 0 bridgehead atoms. The van der Waals surface area contributed by atoms with Gasteiger partial charge in [0.2, 0.25) is 5.91 Å². The zero-order valence-corrected chi connectivity index (χ0v) is 10.1. The Kier molecular flexibility index (Phi) is 3.40. The Balaban J connectivity index is 2.13. The Morgan fingerprint density at radius 3 is 2.61 bits per heavy atom. The van der Waals surface area contributed by atoms with Crippen molar-refractivity contribution in [2.75, 3.05) is 25.7 Å². The minimum absolute atomic E-state index is 0.140. The van der Waals surface area contributed by atoms with E-state index in [-0.39, 0.29) is 24.3 Å². The largest absolute Gasteiger partial charge is 0.469 e. The van der Waals surface area contributed by atoms with Crippen molar-refractivity contribution >= 4 is 17.6 Å². The number of carbonyl (C=O) groups excluding carboxylic acids is 2. The van der Waals surface area contributed by atoms with Gasteiger partial charge >= 0.3 is 12.0 Å². The predicted molar refractivity (Wildman–Crippen MR) is 61.1 cm³/mol. The molecule has 2 rings (SSSR count). The van der Waals surface area contributed by atoms with E-state index in [4.69, 9.17) is 4.74 Å². The number of hydrogen-bond acceptors (Lipinski definition) is 6. The van der Waals surface area contributed by atoms with Crippen molar-refractivity contribution in [3.8, 4) is 6.01 Å². The lowest BCUT2D eigenvalue weighted by atomic mass is 10.1. The van der Waals surface area contributed by atoms with Crippen LogP contribution in [0.1, 0.15) is 6.42 Å². The van der Waals surface area contributed by atoms with Crippen LogP contribution in [0.5, 0.6) is 6.01 Å². The third kappa shape index (κ3) is 2.24. The van der Waals surface area contributed by atoms with Gasteiger partial charge in [-0.15, -0.1) is 0 Å². The Bertz CT molecular complexity index is 460. The van der Waals surface area contributed by atoms with E-state index in [9.17, 15) is 9.59 Å². The summed E-state index contributed by atoms with van der Waals surface area (Å²) in [6, 6.07) is 0.231. The molecule has 0 radical (unpaired) electrons. The average molecular weight is 251 g/mol. The molecule has 1 aliphatic heterocycles. The number of esters is 1. The molecule has 0 aromatic carbocycles. The number of carbonyl (C=O) groups is 2. The third-order valence-corrected chi connectivity index (χ3v) is 2.77. The van der Waals surface area contributed by atoms with E-state index in [2.05, 4.69) is 14.7 Å². The Morgan fingerprint density at radius 1 is 1.39 bits per heavy atom. The molecule has 1 unspecified atom stereocenters. The van der Waals surface area contributed by atoms with Gasteiger partial charge in [-0.1, -0.05) is 0 Å². The van der Waals surface area contributed by atoms with E-state index in [0.717, 1.165) is 0 Å². The lowest BCUT2D eigenvalue weighted by Gasteiger charge is -2.15. The summed E-state index contributed by atoms with van der Waals surface area (Å²) in [4.78, 5) is 32.5. The van der Waals surface area contributed by atoms with Crippen molar-refractivity contribution in [3.05, 3.63) is 12.4 Å². The van der Waals surface area contributed by atoms with Crippen molar-refractivity contribution in [2.24, 2.45) is 5.92 Å². The van der Waals surface area contributed by atoms with Gasteiger partial charge in [0, 0.05) is 13.0 Å². The lowest BCUT2D eigenvalue weighted by molar-refractivity contribution is -0.145. The summed E-state index contributed by atoms with van der Waals surface area (Å²) in [6.45, 7) is 0.293. The summed E-state index contributed by atoms with van der Waals surface area (Å²) in [5, 5.41) is 0. The fraction of sp³-hybridized carbons (Fsp3) is 0.455. The summed E-state index contributed by atoms with van der Waals surface area (Å²) in [5.41, 5.74) is 0.548. The van der Waals surface area contributed by atoms with Crippen LogP contribution in [0.15, 0.2) is 12.4 Å². The van der Waals surface area contributed by atoms with Gasteiger partial charge in [0.05, 0.1) is 38.2 Å². The van der Waals surface area contributed by atoms with Crippen molar-refractivity contribution < 1.29 is 19.1 Å². The number of nitrogens with zero attached hydrogens (tertiary/aromatic N) is 3. The van der Waals surface area contributed by atoms with Crippen LogP contribution in [0.4, 0.5) is 5.69 Å². The Morgan fingerprint density at radius 2 is 2.06 bits per heavy atom. The first-order valence-electron chi connectivity index (χ1n) is 5.40. The SMILES string of the molecule is COC(=O)C1CC(=O)N(c2cnc(OC)nc2)C1. The molecule has 1 saturated heterocycles. The molecule has 1 amide bonds. The topological polar surface area (TPSA) is 81.6 Å². The first kappa shape index (κ1) is 12.3. The molecule has 7 nitrogen and oxygen atoms in total. The summed E-state index contributed by atoms with van der Waals surface area (Å²) >= 11 is 0. The maximum absolute atomic E-state index is 11.8. The molecule has 0 saturated carbocycles. The monoisotopic (exact) mass is 251 g/mol. The van der Waals surface area contributed by atoms with E-state index in [1.807, 2.05) is 0 Å². The highest BCUT2D eigenvalue weighted by Gasteiger charge is 2.36. The lowest BCUT2D eigenvalue weighted by Crippen LogP contribution is -2.26. The molecule has 0 N–H and O–H groups in total. The summed E-state index contributed by atoms with van der Waals surface area (Å²) < 4.78 is 9.47. The van der Waals surface area contributed by atoms with E-state index in [1.54, 1.807) is 0 Å².